The molecule has 0 radical (unpaired) electrons. The maximum Gasteiger partial charge on any atom is 0.264 e. The average Bonchev–Trinajstić information content (AvgIpc) is 3.12. The Hall–Kier alpha value is -2.06. The molecule has 8 heteroatoms. The molecular weight excluding hydrogens is 374 g/mol. The average molecular weight is 396 g/mol. The number of benzene rings is 1. The lowest BCUT2D eigenvalue weighted by molar-refractivity contribution is 0.151. The van der Waals surface area contributed by atoms with Crippen molar-refractivity contribution in [1.82, 2.24) is 9.29 Å². The van der Waals surface area contributed by atoms with E-state index in [4.69, 9.17) is 4.74 Å². The van der Waals surface area contributed by atoms with Gasteiger partial charge < -0.3 is 4.74 Å². The van der Waals surface area contributed by atoms with Crippen LogP contribution in [0.2, 0.25) is 0 Å². The van der Waals surface area contributed by atoms with Crippen LogP contribution in [0.3, 0.4) is 0 Å². The molecule has 0 bridgehead atoms. The zero-order chi connectivity index (χ0) is 19.4. The zero-order valence-electron chi connectivity index (χ0n) is 15.0. The van der Waals surface area contributed by atoms with Gasteiger partial charge in [-0.3, -0.25) is 0 Å². The topological polar surface area (TPSA) is 59.5 Å². The highest BCUT2D eigenvalue weighted by atomic mass is 32.2. The standard InChI is InChI=1S/C19H22F2N2O3S/c1-2-26-17-4-3-10-22-19(17)27(24,25)23-11-9-15(13-23)12-14-5-7-16(8-6-14)18(20)21/h3-8,10,15,18H,2,9,11-13H2,1H3. The summed E-state index contributed by atoms with van der Waals surface area (Å²) < 4.78 is 58.0. The first-order valence-electron chi connectivity index (χ1n) is 8.86. The summed E-state index contributed by atoms with van der Waals surface area (Å²) in [5.41, 5.74) is 0.921. The second-order valence-corrected chi connectivity index (χ2v) is 8.36. The van der Waals surface area contributed by atoms with Gasteiger partial charge in [0.25, 0.3) is 16.4 Å². The molecule has 1 aromatic heterocycles. The summed E-state index contributed by atoms with van der Waals surface area (Å²) in [6.45, 7) is 2.92. The number of ether oxygens (including phenoxy) is 1. The van der Waals surface area contributed by atoms with E-state index in [-0.39, 0.29) is 22.3 Å². The van der Waals surface area contributed by atoms with E-state index >= 15 is 0 Å². The van der Waals surface area contributed by atoms with Gasteiger partial charge in [-0.25, -0.2) is 22.2 Å². The molecule has 1 saturated heterocycles. The second-order valence-electron chi connectivity index (χ2n) is 6.50. The molecule has 1 aromatic carbocycles. The van der Waals surface area contributed by atoms with E-state index in [0.29, 0.717) is 32.5 Å². The third kappa shape index (κ3) is 4.44. The smallest absolute Gasteiger partial charge is 0.264 e. The molecule has 1 unspecified atom stereocenters. The van der Waals surface area contributed by atoms with Crippen LogP contribution in [0.15, 0.2) is 47.6 Å². The molecule has 1 aliphatic rings. The van der Waals surface area contributed by atoms with Crippen molar-refractivity contribution < 1.29 is 21.9 Å². The molecule has 1 fully saturated rings. The lowest BCUT2D eigenvalue weighted by atomic mass is 9.98. The molecule has 0 aliphatic carbocycles. The molecule has 3 rings (SSSR count). The molecule has 2 aromatic rings. The van der Waals surface area contributed by atoms with Gasteiger partial charge in [-0.15, -0.1) is 0 Å². The van der Waals surface area contributed by atoms with Gasteiger partial charge in [0.15, 0.2) is 5.75 Å². The maximum atomic E-state index is 12.9. The van der Waals surface area contributed by atoms with Crippen LogP contribution in [0.5, 0.6) is 5.75 Å². The van der Waals surface area contributed by atoms with Gasteiger partial charge in [0.05, 0.1) is 6.61 Å². The Labute approximate surface area is 158 Å². The van der Waals surface area contributed by atoms with Gasteiger partial charge in [0.1, 0.15) is 0 Å². The molecule has 0 amide bonds. The number of sulfonamides is 1. The van der Waals surface area contributed by atoms with Crippen LogP contribution >= 0.6 is 0 Å². The molecule has 0 saturated carbocycles. The predicted molar refractivity (Wildman–Crippen MR) is 97.4 cm³/mol. The zero-order valence-corrected chi connectivity index (χ0v) is 15.8. The van der Waals surface area contributed by atoms with Gasteiger partial charge >= 0.3 is 0 Å². The first kappa shape index (κ1) is 19.7. The van der Waals surface area contributed by atoms with Crippen LogP contribution in [0, 0.1) is 5.92 Å². The number of halogens is 2. The Morgan fingerprint density at radius 2 is 2.00 bits per heavy atom. The van der Waals surface area contributed by atoms with Gasteiger partial charge in [0.2, 0.25) is 5.03 Å². The maximum absolute atomic E-state index is 12.9. The van der Waals surface area contributed by atoms with Gasteiger partial charge in [-0.1, -0.05) is 24.3 Å². The van der Waals surface area contributed by atoms with Crippen molar-refractivity contribution in [3.05, 3.63) is 53.7 Å². The van der Waals surface area contributed by atoms with Crippen molar-refractivity contribution in [2.24, 2.45) is 5.92 Å². The van der Waals surface area contributed by atoms with Gasteiger partial charge in [0, 0.05) is 24.8 Å². The summed E-state index contributed by atoms with van der Waals surface area (Å²) in [6, 6.07) is 9.45. The molecule has 1 aliphatic heterocycles. The van der Waals surface area contributed by atoms with E-state index < -0.39 is 16.4 Å². The first-order valence-corrected chi connectivity index (χ1v) is 10.3. The van der Waals surface area contributed by atoms with Crippen molar-refractivity contribution in [2.75, 3.05) is 19.7 Å². The van der Waals surface area contributed by atoms with Crippen molar-refractivity contribution in [3.8, 4) is 5.75 Å². The van der Waals surface area contributed by atoms with E-state index in [1.165, 1.54) is 22.6 Å². The van der Waals surface area contributed by atoms with E-state index in [1.54, 1.807) is 31.2 Å². The molecule has 1 atom stereocenters. The van der Waals surface area contributed by atoms with E-state index in [0.717, 1.165) is 5.56 Å². The number of rotatable bonds is 7. The second kappa shape index (κ2) is 8.31. The predicted octanol–water partition coefficient (Wildman–Crippen LogP) is 3.67. The lowest BCUT2D eigenvalue weighted by Gasteiger charge is -2.18. The highest BCUT2D eigenvalue weighted by Gasteiger charge is 2.35. The third-order valence-electron chi connectivity index (χ3n) is 4.62. The van der Waals surface area contributed by atoms with Crippen LogP contribution in [0.25, 0.3) is 0 Å². The number of hydrogen-bond donors (Lipinski definition) is 0. The molecule has 27 heavy (non-hydrogen) atoms. The first-order chi connectivity index (χ1) is 12.9. The van der Waals surface area contributed by atoms with Crippen molar-refractivity contribution in [2.45, 2.75) is 31.2 Å². The number of aromatic nitrogens is 1. The van der Waals surface area contributed by atoms with E-state index in [9.17, 15) is 17.2 Å². The Morgan fingerprint density at radius 1 is 1.26 bits per heavy atom. The fourth-order valence-electron chi connectivity index (χ4n) is 3.27. The highest BCUT2D eigenvalue weighted by molar-refractivity contribution is 7.89. The summed E-state index contributed by atoms with van der Waals surface area (Å²) in [5, 5.41) is -0.0613. The monoisotopic (exact) mass is 396 g/mol. The molecular formula is C19H22F2N2O3S. The summed E-state index contributed by atoms with van der Waals surface area (Å²) >= 11 is 0. The normalized spacial score (nSPS) is 18.1. The Bertz CT molecular complexity index is 873. The Morgan fingerprint density at radius 3 is 2.67 bits per heavy atom. The minimum absolute atomic E-state index is 0.00650. The summed E-state index contributed by atoms with van der Waals surface area (Å²) in [6.07, 6.45) is 0.319. The Balaban J connectivity index is 1.70. The molecule has 0 spiro atoms. The van der Waals surface area contributed by atoms with Crippen LogP contribution in [-0.2, 0) is 16.4 Å². The number of alkyl halides is 2. The summed E-state index contributed by atoms with van der Waals surface area (Å²) in [7, 11) is -3.74. The van der Waals surface area contributed by atoms with Gasteiger partial charge in [-0.05, 0) is 43.4 Å². The summed E-state index contributed by atoms with van der Waals surface area (Å²) in [4.78, 5) is 4.02. The quantitative estimate of drug-likeness (QED) is 0.717. The van der Waals surface area contributed by atoms with Crippen molar-refractivity contribution >= 4 is 10.0 Å². The Kier molecular flexibility index (Phi) is 6.06. The van der Waals surface area contributed by atoms with Crippen LogP contribution in [0.4, 0.5) is 8.78 Å². The fraction of sp³-hybridized carbons (Fsp3) is 0.421. The van der Waals surface area contributed by atoms with Crippen LogP contribution in [0.1, 0.15) is 30.9 Å². The number of pyridine rings is 1. The van der Waals surface area contributed by atoms with Crippen LogP contribution in [-0.4, -0.2) is 37.4 Å². The van der Waals surface area contributed by atoms with E-state index in [1.807, 2.05) is 0 Å². The molecule has 0 N–H and O–H groups in total. The SMILES string of the molecule is CCOc1cccnc1S(=O)(=O)N1CCC(Cc2ccc(C(F)F)cc2)C1. The molecule has 146 valence electrons. The number of nitrogens with zero attached hydrogens (tertiary/aromatic N) is 2. The summed E-state index contributed by atoms with van der Waals surface area (Å²) in [5.74, 6) is 0.391. The van der Waals surface area contributed by atoms with Crippen molar-refractivity contribution in [3.63, 3.8) is 0 Å². The molecule has 2 heterocycles. The lowest BCUT2D eigenvalue weighted by Crippen LogP contribution is -2.30. The van der Waals surface area contributed by atoms with Gasteiger partial charge in [-0.2, -0.15) is 4.31 Å². The van der Waals surface area contributed by atoms with Crippen molar-refractivity contribution in [1.29, 1.82) is 0 Å². The number of hydrogen-bond acceptors (Lipinski definition) is 4. The molecule has 5 nitrogen and oxygen atoms in total. The van der Waals surface area contributed by atoms with E-state index in [2.05, 4.69) is 4.98 Å². The largest absolute Gasteiger partial charge is 0.491 e. The fourth-order valence-corrected chi connectivity index (χ4v) is 4.84. The minimum Gasteiger partial charge on any atom is -0.491 e. The highest BCUT2D eigenvalue weighted by Crippen LogP contribution is 2.30. The third-order valence-corrected chi connectivity index (χ3v) is 6.43. The minimum atomic E-state index is -3.74. The van der Waals surface area contributed by atoms with Crippen LogP contribution < -0.4 is 4.74 Å².